The molecule has 2 rings (SSSR count). The van der Waals surface area contributed by atoms with Gasteiger partial charge < -0.3 is 9.15 Å². The number of nitrogens with zero attached hydrogens (tertiary/aromatic N) is 1. The lowest BCUT2D eigenvalue weighted by atomic mass is 10.2. The number of hydrogen-bond acceptors (Lipinski definition) is 5. The van der Waals surface area contributed by atoms with Gasteiger partial charge in [0.25, 0.3) is 5.69 Å². The van der Waals surface area contributed by atoms with Crippen LogP contribution in [0.1, 0.15) is 16.1 Å². The lowest BCUT2D eigenvalue weighted by Crippen LogP contribution is -2.11. The van der Waals surface area contributed by atoms with Crippen molar-refractivity contribution < 1.29 is 23.3 Å². The van der Waals surface area contributed by atoms with Crippen molar-refractivity contribution in [2.24, 2.45) is 0 Å². The summed E-state index contributed by atoms with van der Waals surface area (Å²) in [4.78, 5) is 21.6. The first-order valence-electron chi connectivity index (χ1n) is 5.63. The maximum Gasteiger partial charge on any atom is 0.275 e. The van der Waals surface area contributed by atoms with Crippen LogP contribution in [0.4, 0.5) is 10.1 Å². The highest BCUT2D eigenvalue weighted by atomic mass is 19.1. The largest absolute Gasteiger partial charge is 0.482 e. The first kappa shape index (κ1) is 13.7. The van der Waals surface area contributed by atoms with Crippen LogP contribution in [0.15, 0.2) is 34.9 Å². The van der Waals surface area contributed by atoms with Gasteiger partial charge in [-0.15, -0.1) is 0 Å². The second-order valence-corrected chi connectivity index (χ2v) is 4.02. The van der Waals surface area contributed by atoms with Gasteiger partial charge in [0.05, 0.1) is 17.3 Å². The smallest absolute Gasteiger partial charge is 0.275 e. The summed E-state index contributed by atoms with van der Waals surface area (Å²) in [7, 11) is 0. The quantitative estimate of drug-likeness (QED) is 0.477. The van der Waals surface area contributed by atoms with Crippen LogP contribution in [0.5, 0.6) is 5.75 Å². The number of Topliss-reactive ketones (excluding diaryl/α,β-unsaturated/α-hetero) is 1. The predicted octanol–water partition coefficient (Wildman–Crippen LogP) is 2.90. The van der Waals surface area contributed by atoms with Gasteiger partial charge in [0.2, 0.25) is 5.78 Å². The zero-order chi connectivity index (χ0) is 14.7. The first-order chi connectivity index (χ1) is 9.49. The molecule has 0 aliphatic rings. The number of nitro benzene ring substituents is 1. The van der Waals surface area contributed by atoms with Crippen molar-refractivity contribution in [2.75, 3.05) is 6.61 Å². The van der Waals surface area contributed by atoms with E-state index in [4.69, 9.17) is 9.15 Å². The highest BCUT2D eigenvalue weighted by Gasteiger charge is 2.17. The molecule has 0 amide bonds. The number of ether oxygens (including phenoxy) is 1. The molecule has 7 heteroatoms. The van der Waals surface area contributed by atoms with E-state index in [0.717, 1.165) is 6.07 Å². The molecular weight excluding hydrogens is 269 g/mol. The lowest BCUT2D eigenvalue weighted by Gasteiger charge is -2.07. The fourth-order valence-corrected chi connectivity index (χ4v) is 1.60. The Bertz CT molecular complexity index is 651. The van der Waals surface area contributed by atoms with Crippen molar-refractivity contribution in [3.8, 4) is 5.75 Å². The molecular formula is C13H10FNO5. The van der Waals surface area contributed by atoms with Gasteiger partial charge in [-0.25, -0.2) is 4.39 Å². The average molecular weight is 279 g/mol. The van der Waals surface area contributed by atoms with E-state index in [1.54, 1.807) is 6.07 Å². The molecule has 1 aromatic heterocycles. The Kier molecular flexibility index (Phi) is 3.79. The summed E-state index contributed by atoms with van der Waals surface area (Å²) in [5, 5.41) is 10.6. The summed E-state index contributed by atoms with van der Waals surface area (Å²) in [6, 6.07) is 4.96. The molecule has 0 aliphatic heterocycles. The van der Waals surface area contributed by atoms with E-state index in [9.17, 15) is 19.3 Å². The number of carbonyl (C=O) groups excluding carboxylic acids is 1. The molecule has 0 N–H and O–H groups in total. The third-order valence-corrected chi connectivity index (χ3v) is 2.60. The van der Waals surface area contributed by atoms with Gasteiger partial charge in [-0.1, -0.05) is 0 Å². The highest BCUT2D eigenvalue weighted by Crippen LogP contribution is 2.27. The molecule has 0 saturated heterocycles. The number of furan rings is 1. The van der Waals surface area contributed by atoms with Gasteiger partial charge >= 0.3 is 0 Å². The maximum atomic E-state index is 13.6. The number of aryl methyl sites for hydroxylation is 1. The van der Waals surface area contributed by atoms with Crippen molar-refractivity contribution in [1.82, 2.24) is 0 Å². The molecule has 0 fully saturated rings. The molecule has 0 bridgehead atoms. The second kappa shape index (κ2) is 5.52. The molecule has 20 heavy (non-hydrogen) atoms. The third kappa shape index (κ3) is 2.82. The molecule has 0 aliphatic carbocycles. The maximum absolute atomic E-state index is 13.6. The summed E-state index contributed by atoms with van der Waals surface area (Å²) < 4.78 is 23.5. The van der Waals surface area contributed by atoms with Crippen LogP contribution in [0.25, 0.3) is 0 Å². The van der Waals surface area contributed by atoms with Crippen LogP contribution in [-0.4, -0.2) is 17.3 Å². The van der Waals surface area contributed by atoms with Crippen molar-refractivity contribution in [1.29, 1.82) is 0 Å². The summed E-state index contributed by atoms with van der Waals surface area (Å²) >= 11 is 0. The third-order valence-electron chi connectivity index (χ3n) is 2.60. The van der Waals surface area contributed by atoms with Gasteiger partial charge in [0.1, 0.15) is 0 Å². The van der Waals surface area contributed by atoms with E-state index < -0.39 is 23.1 Å². The first-order valence-corrected chi connectivity index (χ1v) is 5.63. The van der Waals surface area contributed by atoms with Crippen LogP contribution < -0.4 is 4.74 Å². The summed E-state index contributed by atoms with van der Waals surface area (Å²) in [5.41, 5.74) is -0.0935. The number of nitro groups is 1. The van der Waals surface area contributed by atoms with E-state index in [1.165, 1.54) is 25.3 Å². The molecule has 0 saturated carbocycles. The Morgan fingerprint density at radius 2 is 2.25 bits per heavy atom. The van der Waals surface area contributed by atoms with Gasteiger partial charge in [-0.3, -0.25) is 14.9 Å². The standard InChI is InChI=1S/C13H10FNO5/c1-8-5-13(9(14)6-10(8)15(17)18)20-7-11(16)12-3-2-4-19-12/h2-6H,7H2,1H3. The van der Waals surface area contributed by atoms with Gasteiger partial charge in [0.15, 0.2) is 23.9 Å². The Balaban J connectivity index is 2.12. The SMILES string of the molecule is Cc1cc(OCC(=O)c2ccco2)c(F)cc1[N+](=O)[O-]. The predicted molar refractivity (Wildman–Crippen MR) is 66.3 cm³/mol. The lowest BCUT2D eigenvalue weighted by molar-refractivity contribution is -0.385. The number of hydrogen-bond donors (Lipinski definition) is 0. The minimum absolute atomic E-state index is 0.101. The van der Waals surface area contributed by atoms with Gasteiger partial charge in [-0.2, -0.15) is 0 Å². The van der Waals surface area contributed by atoms with E-state index in [-0.39, 0.29) is 22.8 Å². The monoisotopic (exact) mass is 279 g/mol. The van der Waals surface area contributed by atoms with Crippen molar-refractivity contribution in [3.63, 3.8) is 0 Å². The van der Waals surface area contributed by atoms with Crippen LogP contribution in [-0.2, 0) is 0 Å². The van der Waals surface area contributed by atoms with E-state index in [2.05, 4.69) is 0 Å². The van der Waals surface area contributed by atoms with E-state index in [1.807, 2.05) is 0 Å². The van der Waals surface area contributed by atoms with Crippen molar-refractivity contribution in [3.05, 3.63) is 57.8 Å². The van der Waals surface area contributed by atoms with Crippen LogP contribution in [0.3, 0.4) is 0 Å². The number of benzene rings is 1. The fraction of sp³-hybridized carbons (Fsp3) is 0.154. The highest BCUT2D eigenvalue weighted by molar-refractivity contribution is 5.94. The van der Waals surface area contributed by atoms with Crippen LogP contribution in [0, 0.1) is 22.9 Å². The second-order valence-electron chi connectivity index (χ2n) is 4.02. The van der Waals surface area contributed by atoms with Crippen molar-refractivity contribution >= 4 is 11.5 Å². The number of ketones is 1. The number of halogens is 1. The Hall–Kier alpha value is -2.70. The zero-order valence-electron chi connectivity index (χ0n) is 10.5. The molecule has 0 spiro atoms. The summed E-state index contributed by atoms with van der Waals surface area (Å²) in [6.07, 6.45) is 1.34. The van der Waals surface area contributed by atoms with E-state index >= 15 is 0 Å². The molecule has 0 radical (unpaired) electrons. The van der Waals surface area contributed by atoms with Crippen molar-refractivity contribution in [2.45, 2.75) is 6.92 Å². The normalized spacial score (nSPS) is 10.3. The van der Waals surface area contributed by atoms with Crippen LogP contribution >= 0.6 is 0 Å². The Morgan fingerprint density at radius 3 is 2.85 bits per heavy atom. The molecule has 0 unspecified atom stereocenters. The molecule has 2 aromatic rings. The molecule has 104 valence electrons. The summed E-state index contributed by atoms with van der Waals surface area (Å²) in [6.45, 7) is 1.04. The fourth-order valence-electron chi connectivity index (χ4n) is 1.60. The minimum atomic E-state index is -0.894. The van der Waals surface area contributed by atoms with Crippen LogP contribution in [0.2, 0.25) is 0 Å². The Morgan fingerprint density at radius 1 is 1.50 bits per heavy atom. The number of rotatable bonds is 5. The number of carbonyl (C=O) groups is 1. The van der Waals surface area contributed by atoms with Gasteiger partial charge in [0, 0.05) is 5.56 Å². The minimum Gasteiger partial charge on any atom is -0.482 e. The average Bonchev–Trinajstić information content (AvgIpc) is 2.92. The molecule has 1 heterocycles. The molecule has 6 nitrogen and oxygen atoms in total. The summed E-state index contributed by atoms with van der Waals surface area (Å²) in [5.74, 6) is -1.46. The van der Waals surface area contributed by atoms with Gasteiger partial charge in [-0.05, 0) is 25.1 Å². The molecule has 0 atom stereocenters. The topological polar surface area (TPSA) is 82.6 Å². The molecule has 1 aromatic carbocycles. The zero-order valence-corrected chi connectivity index (χ0v) is 10.5. The van der Waals surface area contributed by atoms with E-state index in [0.29, 0.717) is 0 Å². The Labute approximate surface area is 112 Å².